The largest absolute Gasteiger partial charge is 0.469 e. The minimum Gasteiger partial charge on any atom is -0.469 e. The predicted octanol–water partition coefficient (Wildman–Crippen LogP) is 4.27. The number of aryl methyl sites for hydroxylation is 1. The number of rotatable bonds is 9. The van der Waals surface area contributed by atoms with Crippen molar-refractivity contribution in [3.63, 3.8) is 0 Å². The first kappa shape index (κ1) is 23.4. The molecule has 0 bridgehead atoms. The zero-order valence-electron chi connectivity index (χ0n) is 18.4. The van der Waals surface area contributed by atoms with Crippen LogP contribution in [0.5, 0.6) is 0 Å². The van der Waals surface area contributed by atoms with Gasteiger partial charge in [0.05, 0.1) is 18.7 Å². The van der Waals surface area contributed by atoms with Crippen molar-refractivity contribution in [1.82, 2.24) is 10.5 Å². The normalized spacial score (nSPS) is 13.4. The number of hydrogen-bond donors (Lipinski definition) is 1. The molecule has 0 saturated heterocycles. The van der Waals surface area contributed by atoms with Crippen molar-refractivity contribution in [1.29, 1.82) is 0 Å². The van der Waals surface area contributed by atoms with Crippen LogP contribution in [0.15, 0.2) is 40.9 Å². The maximum Gasteiger partial charge on any atom is 0.407 e. The number of amides is 1. The Bertz CT molecular complexity index is 811. The number of esters is 1. The smallest absolute Gasteiger partial charge is 0.407 e. The Morgan fingerprint density at radius 2 is 1.90 bits per heavy atom. The van der Waals surface area contributed by atoms with Gasteiger partial charge in [-0.25, -0.2) is 4.79 Å². The van der Waals surface area contributed by atoms with E-state index < -0.39 is 17.6 Å². The summed E-state index contributed by atoms with van der Waals surface area (Å²) in [5.74, 6) is 0.156. The third kappa shape index (κ3) is 7.89. The van der Waals surface area contributed by atoms with Crippen molar-refractivity contribution in [2.24, 2.45) is 5.92 Å². The number of nitrogens with one attached hydrogen (secondary N) is 1. The van der Waals surface area contributed by atoms with Crippen LogP contribution in [0, 0.1) is 5.92 Å². The van der Waals surface area contributed by atoms with Crippen LogP contribution in [0.4, 0.5) is 4.79 Å². The van der Waals surface area contributed by atoms with Gasteiger partial charge < -0.3 is 19.3 Å². The maximum absolute atomic E-state index is 12.2. The maximum atomic E-state index is 12.2. The van der Waals surface area contributed by atoms with E-state index >= 15 is 0 Å². The van der Waals surface area contributed by atoms with Crippen LogP contribution in [0.2, 0.25) is 0 Å². The van der Waals surface area contributed by atoms with Crippen LogP contribution in [-0.4, -0.2) is 36.5 Å². The Hall–Kier alpha value is -2.83. The molecule has 2 aromatic rings. The molecule has 2 atom stereocenters. The van der Waals surface area contributed by atoms with Crippen LogP contribution in [0.25, 0.3) is 0 Å². The molecule has 1 amide bonds. The van der Waals surface area contributed by atoms with Crippen LogP contribution < -0.4 is 5.32 Å². The van der Waals surface area contributed by atoms with Crippen molar-refractivity contribution in [3.05, 3.63) is 53.4 Å². The Balaban J connectivity index is 1.85. The summed E-state index contributed by atoms with van der Waals surface area (Å²) in [6.07, 6.45) is 1.53. The monoisotopic (exact) mass is 416 g/mol. The summed E-state index contributed by atoms with van der Waals surface area (Å²) in [7, 11) is 1.39. The van der Waals surface area contributed by atoms with Crippen LogP contribution in [0.1, 0.15) is 57.1 Å². The number of nitrogens with zero attached hydrogens (tertiary/aromatic N) is 1. The number of aromatic nitrogens is 1. The highest BCUT2D eigenvalue weighted by Gasteiger charge is 2.24. The van der Waals surface area contributed by atoms with Crippen molar-refractivity contribution in [2.45, 2.75) is 58.5 Å². The second-order valence-electron chi connectivity index (χ2n) is 8.50. The van der Waals surface area contributed by atoms with E-state index in [0.717, 1.165) is 24.1 Å². The van der Waals surface area contributed by atoms with E-state index in [4.69, 9.17) is 14.0 Å². The Morgan fingerprint density at radius 3 is 2.53 bits per heavy atom. The van der Waals surface area contributed by atoms with Gasteiger partial charge in [0.15, 0.2) is 0 Å². The molecular formula is C23H32N2O5. The van der Waals surface area contributed by atoms with Gasteiger partial charge in [-0.15, -0.1) is 0 Å². The third-order valence-electron chi connectivity index (χ3n) is 4.59. The lowest BCUT2D eigenvalue weighted by Gasteiger charge is -2.20. The number of hydrogen-bond acceptors (Lipinski definition) is 6. The standard InChI is InChI=1S/C23H32N2O5/c1-16(15-24-22(27)29-23(2,3)4)11-12-18-13-19(30-25-18)14-20(21(26)28-5)17-9-7-6-8-10-17/h6-10,13,16,20H,11-12,14-15H2,1-5H3,(H,24,27). The van der Waals surface area contributed by atoms with Crippen molar-refractivity contribution < 1.29 is 23.6 Å². The highest BCUT2D eigenvalue weighted by Crippen LogP contribution is 2.23. The average Bonchev–Trinajstić information content (AvgIpc) is 3.15. The molecule has 2 rings (SSSR count). The SMILES string of the molecule is COC(=O)C(Cc1cc(CCC(C)CNC(=O)OC(C)(C)C)no1)c1ccccc1. The number of alkyl carbamates (subject to hydrolysis) is 1. The molecule has 0 saturated carbocycles. The quantitative estimate of drug-likeness (QED) is 0.614. The van der Waals surface area contributed by atoms with Gasteiger partial charge in [0.25, 0.3) is 0 Å². The summed E-state index contributed by atoms with van der Waals surface area (Å²) in [4.78, 5) is 24.0. The molecule has 30 heavy (non-hydrogen) atoms. The van der Waals surface area contributed by atoms with E-state index in [9.17, 15) is 9.59 Å². The minimum atomic E-state index is -0.508. The summed E-state index contributed by atoms with van der Waals surface area (Å²) >= 11 is 0. The topological polar surface area (TPSA) is 90.7 Å². The zero-order valence-corrected chi connectivity index (χ0v) is 18.4. The van der Waals surface area contributed by atoms with E-state index in [2.05, 4.69) is 17.4 Å². The van der Waals surface area contributed by atoms with Gasteiger partial charge in [0, 0.05) is 19.0 Å². The van der Waals surface area contributed by atoms with Crippen LogP contribution in [0.3, 0.4) is 0 Å². The molecule has 7 nitrogen and oxygen atoms in total. The summed E-state index contributed by atoms with van der Waals surface area (Å²) in [6.45, 7) is 8.08. The van der Waals surface area contributed by atoms with Crippen molar-refractivity contribution >= 4 is 12.1 Å². The summed E-state index contributed by atoms with van der Waals surface area (Å²) in [5.41, 5.74) is 1.20. The summed E-state index contributed by atoms with van der Waals surface area (Å²) in [6, 6.07) is 11.4. The number of benzene rings is 1. The molecule has 1 aromatic carbocycles. The molecule has 0 aliphatic heterocycles. The molecule has 1 aromatic heterocycles. The van der Waals surface area contributed by atoms with E-state index in [-0.39, 0.29) is 11.9 Å². The zero-order chi connectivity index (χ0) is 22.1. The molecule has 0 fully saturated rings. The van der Waals surface area contributed by atoms with Gasteiger partial charge in [-0.1, -0.05) is 42.4 Å². The molecule has 0 aliphatic rings. The predicted molar refractivity (Wildman–Crippen MR) is 113 cm³/mol. The Morgan fingerprint density at radius 1 is 1.20 bits per heavy atom. The van der Waals surface area contributed by atoms with E-state index in [1.165, 1.54) is 7.11 Å². The average molecular weight is 417 g/mol. The minimum absolute atomic E-state index is 0.254. The van der Waals surface area contributed by atoms with Gasteiger partial charge in [0.1, 0.15) is 11.4 Å². The van der Waals surface area contributed by atoms with Crippen LogP contribution in [-0.2, 0) is 27.1 Å². The molecule has 1 N–H and O–H groups in total. The molecule has 0 radical (unpaired) electrons. The van der Waals surface area contributed by atoms with Gasteiger partial charge in [0.2, 0.25) is 0 Å². The summed E-state index contributed by atoms with van der Waals surface area (Å²) < 4.78 is 15.6. The molecule has 2 unspecified atom stereocenters. The molecule has 1 heterocycles. The first-order valence-corrected chi connectivity index (χ1v) is 10.2. The van der Waals surface area contributed by atoms with Crippen molar-refractivity contribution in [2.75, 3.05) is 13.7 Å². The highest BCUT2D eigenvalue weighted by molar-refractivity contribution is 5.78. The van der Waals surface area contributed by atoms with Crippen LogP contribution >= 0.6 is 0 Å². The van der Waals surface area contributed by atoms with Gasteiger partial charge in [-0.05, 0) is 45.1 Å². The summed E-state index contributed by atoms with van der Waals surface area (Å²) in [5, 5.41) is 6.91. The fraction of sp³-hybridized carbons (Fsp3) is 0.522. The molecular weight excluding hydrogens is 384 g/mol. The lowest BCUT2D eigenvalue weighted by molar-refractivity contribution is -0.142. The van der Waals surface area contributed by atoms with Gasteiger partial charge >= 0.3 is 12.1 Å². The number of carbonyl (C=O) groups excluding carboxylic acids is 2. The second kappa shape index (κ2) is 10.8. The second-order valence-corrected chi connectivity index (χ2v) is 8.50. The van der Waals surface area contributed by atoms with E-state index in [0.29, 0.717) is 18.7 Å². The van der Waals surface area contributed by atoms with Gasteiger partial charge in [-0.2, -0.15) is 0 Å². The van der Waals surface area contributed by atoms with Gasteiger partial charge in [-0.3, -0.25) is 4.79 Å². The molecule has 0 aliphatic carbocycles. The first-order chi connectivity index (χ1) is 14.2. The van der Waals surface area contributed by atoms with Crippen molar-refractivity contribution in [3.8, 4) is 0 Å². The Kier molecular flexibility index (Phi) is 8.45. The lowest BCUT2D eigenvalue weighted by atomic mass is 9.94. The van der Waals surface area contributed by atoms with E-state index in [1.54, 1.807) is 0 Å². The number of methoxy groups -OCH3 is 1. The molecule has 164 valence electrons. The number of ether oxygens (including phenoxy) is 2. The first-order valence-electron chi connectivity index (χ1n) is 10.2. The fourth-order valence-corrected chi connectivity index (χ4v) is 3.00. The molecule has 7 heteroatoms. The fourth-order valence-electron chi connectivity index (χ4n) is 3.00. The van der Waals surface area contributed by atoms with E-state index in [1.807, 2.05) is 57.2 Å². The Labute approximate surface area is 178 Å². The number of carbonyl (C=O) groups is 2. The third-order valence-corrected chi connectivity index (χ3v) is 4.59. The lowest BCUT2D eigenvalue weighted by Crippen LogP contribution is -2.34. The molecule has 0 spiro atoms. The highest BCUT2D eigenvalue weighted by atomic mass is 16.6.